The van der Waals surface area contributed by atoms with E-state index in [9.17, 15) is 0 Å². The topological polar surface area (TPSA) is 50.7 Å². The van der Waals surface area contributed by atoms with Gasteiger partial charge in [0.2, 0.25) is 0 Å². The molecule has 2 heterocycles. The summed E-state index contributed by atoms with van der Waals surface area (Å²) in [6, 6.07) is 6.70. The summed E-state index contributed by atoms with van der Waals surface area (Å²) in [5.74, 6) is 2.61. The summed E-state index contributed by atoms with van der Waals surface area (Å²) in [7, 11) is 5.57. The minimum Gasteiger partial charge on any atom is -0.493 e. The summed E-state index contributed by atoms with van der Waals surface area (Å²) < 4.78 is 10.8. The number of benzene rings is 1. The zero-order valence-corrected chi connectivity index (χ0v) is 17.7. The van der Waals surface area contributed by atoms with E-state index in [-0.39, 0.29) is 0 Å². The van der Waals surface area contributed by atoms with Crippen molar-refractivity contribution in [3.63, 3.8) is 0 Å². The predicted molar refractivity (Wildman–Crippen MR) is 113 cm³/mol. The van der Waals surface area contributed by atoms with E-state index >= 15 is 0 Å². The Bertz CT molecular complexity index is 796. The van der Waals surface area contributed by atoms with Crippen molar-refractivity contribution in [1.82, 2.24) is 14.9 Å². The van der Waals surface area contributed by atoms with Crippen LogP contribution in [0.3, 0.4) is 0 Å². The lowest BCUT2D eigenvalue weighted by Gasteiger charge is -2.38. The number of nitrogens with zero attached hydrogens (tertiary/aromatic N) is 4. The average Bonchev–Trinajstić information content (AvgIpc) is 2.73. The Morgan fingerprint density at radius 2 is 1.96 bits per heavy atom. The second-order valence-electron chi connectivity index (χ2n) is 7.58. The molecule has 0 spiro atoms. The number of aryl methyl sites for hydroxylation is 2. The second kappa shape index (κ2) is 9.24. The first-order chi connectivity index (χ1) is 13.5. The maximum atomic E-state index is 5.43. The number of likely N-dealkylation sites (N-methyl/N-ethyl adjacent to an activating group) is 1. The summed E-state index contributed by atoms with van der Waals surface area (Å²) in [6.07, 6.45) is 5.23. The normalized spacial score (nSPS) is 17.1. The molecule has 6 nitrogen and oxygen atoms in total. The van der Waals surface area contributed by atoms with Crippen LogP contribution in [0.25, 0.3) is 0 Å². The highest BCUT2D eigenvalue weighted by Crippen LogP contribution is 2.28. The van der Waals surface area contributed by atoms with E-state index in [4.69, 9.17) is 14.5 Å². The van der Waals surface area contributed by atoms with Crippen molar-refractivity contribution in [3.05, 3.63) is 41.3 Å². The van der Waals surface area contributed by atoms with Gasteiger partial charge in [-0.2, -0.15) is 0 Å². The molecule has 0 bridgehead atoms. The monoisotopic (exact) mass is 384 g/mol. The largest absolute Gasteiger partial charge is 0.493 e. The third-order valence-corrected chi connectivity index (χ3v) is 5.57. The van der Waals surface area contributed by atoms with Crippen molar-refractivity contribution in [2.75, 3.05) is 45.8 Å². The third-order valence-electron chi connectivity index (χ3n) is 5.57. The molecule has 1 atom stereocenters. The molecular weight excluding hydrogens is 352 g/mol. The second-order valence-corrected chi connectivity index (χ2v) is 7.58. The van der Waals surface area contributed by atoms with Crippen LogP contribution in [0.4, 0.5) is 5.82 Å². The Balaban J connectivity index is 1.61. The molecular formula is C22H32N4O2. The Morgan fingerprint density at radius 3 is 2.71 bits per heavy atom. The molecule has 0 radical (unpaired) electrons. The third kappa shape index (κ3) is 4.73. The minimum atomic E-state index is 0.524. The molecule has 1 unspecified atom stereocenters. The fourth-order valence-electron chi connectivity index (χ4n) is 3.86. The van der Waals surface area contributed by atoms with Gasteiger partial charge in [-0.05, 0) is 57.9 Å². The number of hydrogen-bond donors (Lipinski definition) is 0. The van der Waals surface area contributed by atoms with Gasteiger partial charge in [-0.15, -0.1) is 0 Å². The van der Waals surface area contributed by atoms with Gasteiger partial charge in [0.1, 0.15) is 5.82 Å². The lowest BCUT2D eigenvalue weighted by atomic mass is 10.0. The molecule has 1 aromatic carbocycles. The minimum absolute atomic E-state index is 0.524. The highest BCUT2D eigenvalue weighted by Gasteiger charge is 2.25. The van der Waals surface area contributed by atoms with Crippen molar-refractivity contribution in [2.24, 2.45) is 0 Å². The Hall–Kier alpha value is -2.34. The van der Waals surface area contributed by atoms with Crippen LogP contribution in [0.15, 0.2) is 24.4 Å². The van der Waals surface area contributed by atoms with Gasteiger partial charge < -0.3 is 19.3 Å². The molecule has 3 rings (SSSR count). The standard InChI is InChI=1S/C22H32N4O2/c1-16-14-23-17(2)22(24-16)26-11-6-7-19(15-26)25(3)12-10-18-8-9-20(27-4)21(13-18)28-5/h8-9,13-14,19H,6-7,10-12,15H2,1-5H3. The Kier molecular flexibility index (Phi) is 6.73. The number of aromatic nitrogens is 2. The molecule has 2 aromatic rings. The van der Waals surface area contributed by atoms with E-state index < -0.39 is 0 Å². The van der Waals surface area contributed by atoms with E-state index in [0.717, 1.165) is 54.8 Å². The van der Waals surface area contributed by atoms with Gasteiger partial charge in [-0.3, -0.25) is 4.98 Å². The molecule has 1 aromatic heterocycles. The molecule has 28 heavy (non-hydrogen) atoms. The fourth-order valence-corrected chi connectivity index (χ4v) is 3.86. The van der Waals surface area contributed by atoms with E-state index in [1.54, 1.807) is 14.2 Å². The van der Waals surface area contributed by atoms with Gasteiger partial charge in [0.05, 0.1) is 25.6 Å². The first kappa shape index (κ1) is 20.4. The maximum absolute atomic E-state index is 5.43. The van der Waals surface area contributed by atoms with Crippen LogP contribution in [0.1, 0.15) is 29.8 Å². The SMILES string of the molecule is COc1ccc(CCN(C)C2CCCN(c3nc(C)cnc3C)C2)cc1OC. The molecule has 152 valence electrons. The number of rotatable bonds is 7. The van der Waals surface area contributed by atoms with E-state index in [2.05, 4.69) is 34.0 Å². The number of anilines is 1. The lowest BCUT2D eigenvalue weighted by molar-refractivity contribution is 0.217. The Labute approximate surface area is 168 Å². The van der Waals surface area contributed by atoms with Gasteiger partial charge in [0, 0.05) is 31.9 Å². The molecule has 0 aliphatic carbocycles. The van der Waals surface area contributed by atoms with Crippen molar-refractivity contribution in [1.29, 1.82) is 0 Å². The number of piperidine rings is 1. The van der Waals surface area contributed by atoms with Crippen LogP contribution < -0.4 is 14.4 Å². The molecule has 1 aliphatic rings. The zero-order chi connectivity index (χ0) is 20.1. The van der Waals surface area contributed by atoms with Crippen molar-refractivity contribution in [2.45, 2.75) is 39.2 Å². The average molecular weight is 385 g/mol. The van der Waals surface area contributed by atoms with Crippen molar-refractivity contribution >= 4 is 5.82 Å². The first-order valence-electron chi connectivity index (χ1n) is 9.98. The van der Waals surface area contributed by atoms with Crippen LogP contribution in [0, 0.1) is 13.8 Å². The highest BCUT2D eigenvalue weighted by atomic mass is 16.5. The van der Waals surface area contributed by atoms with Gasteiger partial charge in [0.15, 0.2) is 11.5 Å². The van der Waals surface area contributed by atoms with Crippen LogP contribution in [-0.2, 0) is 6.42 Å². The van der Waals surface area contributed by atoms with Gasteiger partial charge in [-0.1, -0.05) is 6.07 Å². The Morgan fingerprint density at radius 1 is 1.18 bits per heavy atom. The van der Waals surface area contributed by atoms with Crippen LogP contribution in [-0.4, -0.2) is 61.8 Å². The highest BCUT2D eigenvalue weighted by molar-refractivity contribution is 5.44. The van der Waals surface area contributed by atoms with Crippen molar-refractivity contribution < 1.29 is 9.47 Å². The molecule has 1 fully saturated rings. The van der Waals surface area contributed by atoms with Gasteiger partial charge in [-0.25, -0.2) is 4.98 Å². The fraction of sp³-hybridized carbons (Fsp3) is 0.545. The molecule has 0 N–H and O–H groups in total. The molecule has 6 heteroatoms. The quantitative estimate of drug-likeness (QED) is 0.730. The molecule has 1 aliphatic heterocycles. The number of ether oxygens (including phenoxy) is 2. The van der Waals surface area contributed by atoms with E-state index in [1.165, 1.54) is 18.4 Å². The van der Waals surface area contributed by atoms with E-state index in [1.807, 2.05) is 26.1 Å². The summed E-state index contributed by atoms with van der Waals surface area (Å²) in [5.41, 5.74) is 3.25. The number of methoxy groups -OCH3 is 2. The van der Waals surface area contributed by atoms with Crippen LogP contribution in [0.5, 0.6) is 11.5 Å². The van der Waals surface area contributed by atoms with E-state index in [0.29, 0.717) is 6.04 Å². The van der Waals surface area contributed by atoms with Crippen LogP contribution >= 0.6 is 0 Å². The smallest absolute Gasteiger partial charge is 0.160 e. The molecule has 0 saturated carbocycles. The van der Waals surface area contributed by atoms with Gasteiger partial charge >= 0.3 is 0 Å². The van der Waals surface area contributed by atoms with Crippen molar-refractivity contribution in [3.8, 4) is 11.5 Å². The lowest BCUT2D eigenvalue weighted by Crippen LogP contribution is -2.47. The van der Waals surface area contributed by atoms with Gasteiger partial charge in [0.25, 0.3) is 0 Å². The molecule has 0 amide bonds. The number of hydrogen-bond acceptors (Lipinski definition) is 6. The maximum Gasteiger partial charge on any atom is 0.160 e. The summed E-state index contributed by atoms with van der Waals surface area (Å²) in [4.78, 5) is 14.1. The summed E-state index contributed by atoms with van der Waals surface area (Å²) >= 11 is 0. The predicted octanol–water partition coefficient (Wildman–Crippen LogP) is 3.25. The van der Waals surface area contributed by atoms with Crippen LogP contribution in [0.2, 0.25) is 0 Å². The summed E-state index contributed by atoms with van der Waals surface area (Å²) in [5, 5.41) is 0. The first-order valence-corrected chi connectivity index (χ1v) is 9.98. The zero-order valence-electron chi connectivity index (χ0n) is 17.7. The molecule has 1 saturated heterocycles. The summed E-state index contributed by atoms with van der Waals surface area (Å²) in [6.45, 7) is 7.12.